The summed E-state index contributed by atoms with van der Waals surface area (Å²) < 4.78 is 5.58. The number of para-hydroxylation sites is 1. The number of aryl methyl sites for hydroxylation is 2. The fourth-order valence-electron chi connectivity index (χ4n) is 3.57. The van der Waals surface area contributed by atoms with Crippen LogP contribution in [-0.4, -0.2) is 13.0 Å². The Morgan fingerprint density at radius 1 is 0.862 bits per heavy atom. The Balaban J connectivity index is 1.76. The molecule has 0 aromatic heterocycles. The highest BCUT2D eigenvalue weighted by molar-refractivity contribution is 6.11. The number of hydrogen-bond acceptors (Lipinski definition) is 3. The molecule has 0 saturated carbocycles. The molecule has 4 heteroatoms. The maximum Gasteiger partial charge on any atom is 0.275 e. The van der Waals surface area contributed by atoms with Gasteiger partial charge < -0.3 is 10.1 Å². The third-order valence-corrected chi connectivity index (χ3v) is 5.15. The Morgan fingerprint density at radius 3 is 2.14 bits per heavy atom. The molecule has 0 radical (unpaired) electrons. The van der Waals surface area contributed by atoms with Crippen LogP contribution >= 0.6 is 0 Å². The van der Waals surface area contributed by atoms with Crippen LogP contribution in [0.15, 0.2) is 84.6 Å². The second kappa shape index (κ2) is 7.84. The van der Waals surface area contributed by atoms with Crippen molar-refractivity contribution in [3.8, 4) is 5.75 Å². The molecule has 29 heavy (non-hydrogen) atoms. The predicted molar refractivity (Wildman–Crippen MR) is 117 cm³/mol. The number of hydrogen-bond donors (Lipinski definition) is 1. The van der Waals surface area contributed by atoms with Gasteiger partial charge in [0.2, 0.25) is 0 Å². The van der Waals surface area contributed by atoms with E-state index in [2.05, 4.69) is 5.32 Å². The summed E-state index contributed by atoms with van der Waals surface area (Å²) in [6.07, 6.45) is 1.97. The summed E-state index contributed by atoms with van der Waals surface area (Å²) in [5, 5.41) is 3.30. The Kier molecular flexibility index (Phi) is 5.09. The predicted octanol–water partition coefficient (Wildman–Crippen LogP) is 5.40. The average molecular weight is 384 g/mol. The molecule has 146 valence electrons. The molecule has 0 spiro atoms. The van der Waals surface area contributed by atoms with Crippen LogP contribution in [0.5, 0.6) is 5.75 Å². The molecule has 1 amide bonds. The van der Waals surface area contributed by atoms with E-state index in [1.807, 2.05) is 97.6 Å². The molecule has 4 rings (SSSR count). The van der Waals surface area contributed by atoms with Gasteiger partial charge in [-0.3, -0.25) is 9.69 Å². The molecular formula is C25H24N2O2. The van der Waals surface area contributed by atoms with Gasteiger partial charge in [0, 0.05) is 16.9 Å². The number of nitrogens with zero attached hydrogens (tertiary/aromatic N) is 1. The highest BCUT2D eigenvalue weighted by atomic mass is 16.5. The summed E-state index contributed by atoms with van der Waals surface area (Å²) in [4.78, 5) is 15.2. The summed E-state index contributed by atoms with van der Waals surface area (Å²) >= 11 is 0. The standard InChI is InChI=1S/C25H24N2O2/c1-17-8-12-19(13-9-17)26-22-16-23(21-6-4-5-7-24(21)29-3)27(25(22)28)20-14-10-18(2)11-15-20/h4-16,23,26H,1-3H3. The van der Waals surface area contributed by atoms with Gasteiger partial charge >= 0.3 is 0 Å². The molecule has 0 fully saturated rings. The zero-order chi connectivity index (χ0) is 20.4. The number of anilines is 2. The first-order chi connectivity index (χ1) is 14.1. The molecule has 3 aromatic rings. The quantitative estimate of drug-likeness (QED) is 0.641. The highest BCUT2D eigenvalue weighted by Gasteiger charge is 2.36. The second-order valence-electron chi connectivity index (χ2n) is 7.27. The second-order valence-corrected chi connectivity index (χ2v) is 7.27. The molecule has 1 aliphatic heterocycles. The monoisotopic (exact) mass is 384 g/mol. The first kappa shape index (κ1) is 18.8. The largest absolute Gasteiger partial charge is 0.496 e. The van der Waals surface area contributed by atoms with Crippen molar-refractivity contribution in [3.63, 3.8) is 0 Å². The topological polar surface area (TPSA) is 41.6 Å². The average Bonchev–Trinajstić information content (AvgIpc) is 3.06. The number of rotatable bonds is 5. The van der Waals surface area contributed by atoms with E-state index in [9.17, 15) is 4.79 Å². The zero-order valence-electron chi connectivity index (χ0n) is 16.8. The van der Waals surface area contributed by atoms with Gasteiger partial charge in [0.25, 0.3) is 5.91 Å². The van der Waals surface area contributed by atoms with Crippen LogP contribution in [-0.2, 0) is 4.79 Å². The normalized spacial score (nSPS) is 16.0. The molecular weight excluding hydrogens is 360 g/mol. The van der Waals surface area contributed by atoms with E-state index in [4.69, 9.17) is 4.74 Å². The Bertz CT molecular complexity index is 1050. The lowest BCUT2D eigenvalue weighted by atomic mass is 10.0. The Hall–Kier alpha value is -3.53. The van der Waals surface area contributed by atoms with Crippen LogP contribution in [0.2, 0.25) is 0 Å². The molecule has 0 aliphatic carbocycles. The van der Waals surface area contributed by atoms with Crippen molar-refractivity contribution in [2.45, 2.75) is 19.9 Å². The van der Waals surface area contributed by atoms with E-state index in [1.54, 1.807) is 7.11 Å². The Labute approximate surface area is 171 Å². The van der Waals surface area contributed by atoms with Crippen molar-refractivity contribution in [3.05, 3.63) is 101 Å². The van der Waals surface area contributed by atoms with E-state index in [0.717, 1.165) is 28.3 Å². The number of carbonyl (C=O) groups excluding carboxylic acids is 1. The van der Waals surface area contributed by atoms with Crippen LogP contribution < -0.4 is 15.0 Å². The molecule has 3 aromatic carbocycles. The van der Waals surface area contributed by atoms with Crippen molar-refractivity contribution in [2.24, 2.45) is 0 Å². The van der Waals surface area contributed by atoms with E-state index in [1.165, 1.54) is 5.56 Å². The molecule has 4 nitrogen and oxygen atoms in total. The van der Waals surface area contributed by atoms with Gasteiger partial charge in [-0.15, -0.1) is 0 Å². The van der Waals surface area contributed by atoms with Gasteiger partial charge in [-0.2, -0.15) is 0 Å². The first-order valence-corrected chi connectivity index (χ1v) is 9.65. The van der Waals surface area contributed by atoms with Gasteiger partial charge in [-0.25, -0.2) is 0 Å². The van der Waals surface area contributed by atoms with E-state index < -0.39 is 0 Å². The van der Waals surface area contributed by atoms with Crippen molar-refractivity contribution >= 4 is 17.3 Å². The molecule has 0 saturated heterocycles. The van der Waals surface area contributed by atoms with E-state index in [-0.39, 0.29) is 11.9 Å². The fraction of sp³-hybridized carbons (Fsp3) is 0.160. The minimum absolute atomic E-state index is 0.0645. The summed E-state index contributed by atoms with van der Waals surface area (Å²) in [6, 6.07) is 23.6. The van der Waals surface area contributed by atoms with Crippen LogP contribution in [0.25, 0.3) is 0 Å². The molecule has 1 aliphatic rings. The first-order valence-electron chi connectivity index (χ1n) is 9.65. The number of carbonyl (C=O) groups is 1. The van der Waals surface area contributed by atoms with Crippen LogP contribution in [0.3, 0.4) is 0 Å². The van der Waals surface area contributed by atoms with Crippen LogP contribution in [0, 0.1) is 13.8 Å². The molecule has 0 bridgehead atoms. The van der Waals surface area contributed by atoms with Gasteiger partial charge in [0.05, 0.1) is 13.2 Å². The summed E-state index contributed by atoms with van der Waals surface area (Å²) in [6.45, 7) is 4.08. The lowest BCUT2D eigenvalue weighted by Crippen LogP contribution is -2.31. The number of nitrogens with one attached hydrogen (secondary N) is 1. The van der Waals surface area contributed by atoms with Gasteiger partial charge in [0.15, 0.2) is 0 Å². The van der Waals surface area contributed by atoms with Crippen LogP contribution in [0.1, 0.15) is 22.7 Å². The summed E-state index contributed by atoms with van der Waals surface area (Å²) in [5.74, 6) is 0.695. The van der Waals surface area contributed by atoms with Gasteiger partial charge in [-0.1, -0.05) is 53.6 Å². The maximum absolute atomic E-state index is 13.4. The third kappa shape index (κ3) is 3.74. The maximum atomic E-state index is 13.4. The van der Waals surface area contributed by atoms with E-state index in [0.29, 0.717) is 5.70 Å². The zero-order valence-corrected chi connectivity index (χ0v) is 16.8. The minimum Gasteiger partial charge on any atom is -0.496 e. The summed E-state index contributed by atoms with van der Waals surface area (Å²) in [5.41, 5.74) is 5.58. The molecule has 1 N–H and O–H groups in total. The Morgan fingerprint density at radius 2 is 1.48 bits per heavy atom. The van der Waals surface area contributed by atoms with Gasteiger partial charge in [-0.05, 0) is 50.3 Å². The summed E-state index contributed by atoms with van der Waals surface area (Å²) in [7, 11) is 1.65. The lowest BCUT2D eigenvalue weighted by Gasteiger charge is -2.26. The SMILES string of the molecule is COc1ccccc1C1C=C(Nc2ccc(C)cc2)C(=O)N1c1ccc(C)cc1. The molecule has 1 unspecified atom stereocenters. The third-order valence-electron chi connectivity index (χ3n) is 5.15. The number of amides is 1. The van der Waals surface area contributed by atoms with Crippen molar-refractivity contribution in [1.82, 2.24) is 0 Å². The van der Waals surface area contributed by atoms with Crippen molar-refractivity contribution in [1.29, 1.82) is 0 Å². The number of ether oxygens (including phenoxy) is 1. The fourth-order valence-corrected chi connectivity index (χ4v) is 3.57. The number of benzene rings is 3. The molecule has 1 heterocycles. The smallest absolute Gasteiger partial charge is 0.275 e. The van der Waals surface area contributed by atoms with Gasteiger partial charge in [0.1, 0.15) is 11.4 Å². The van der Waals surface area contributed by atoms with E-state index >= 15 is 0 Å². The molecule has 1 atom stereocenters. The van der Waals surface area contributed by atoms with Crippen molar-refractivity contribution in [2.75, 3.05) is 17.3 Å². The van der Waals surface area contributed by atoms with Crippen molar-refractivity contribution < 1.29 is 9.53 Å². The lowest BCUT2D eigenvalue weighted by molar-refractivity contribution is -0.114. The highest BCUT2D eigenvalue weighted by Crippen LogP contribution is 2.39. The minimum atomic E-state index is -0.255. The van der Waals surface area contributed by atoms with Crippen LogP contribution in [0.4, 0.5) is 11.4 Å². The number of methoxy groups -OCH3 is 1.